The molecule has 1 aromatic heterocycles. The summed E-state index contributed by atoms with van der Waals surface area (Å²) < 4.78 is 67.9. The molecular formula is C18H17F4N3O4. The quantitative estimate of drug-likeness (QED) is 0.702. The highest BCUT2D eigenvalue weighted by atomic mass is 19.4. The first-order chi connectivity index (χ1) is 13.6. The van der Waals surface area contributed by atoms with E-state index < -0.39 is 29.1 Å². The Hall–Kier alpha value is -2.69. The number of benzene rings is 1. The van der Waals surface area contributed by atoms with Gasteiger partial charge in [0.15, 0.2) is 0 Å². The molecule has 0 bridgehead atoms. The van der Waals surface area contributed by atoms with E-state index in [9.17, 15) is 22.4 Å². The first kappa shape index (κ1) is 19.6. The number of ether oxygens (including phenoxy) is 2. The van der Waals surface area contributed by atoms with Gasteiger partial charge in [0.2, 0.25) is 11.7 Å². The Labute approximate surface area is 162 Å². The smallest absolute Gasteiger partial charge is 0.471 e. The van der Waals surface area contributed by atoms with E-state index in [4.69, 9.17) is 9.47 Å². The number of alkyl halides is 3. The third-order valence-electron chi connectivity index (χ3n) is 5.04. The summed E-state index contributed by atoms with van der Waals surface area (Å²) in [6.07, 6.45) is -4.80. The number of fused-ring (bicyclic) bond motifs is 1. The van der Waals surface area contributed by atoms with Crippen molar-refractivity contribution in [3.8, 4) is 17.1 Å². The molecule has 1 aromatic carbocycles. The van der Waals surface area contributed by atoms with Gasteiger partial charge < -0.3 is 18.9 Å². The van der Waals surface area contributed by atoms with Gasteiger partial charge in [-0.3, -0.25) is 4.79 Å². The van der Waals surface area contributed by atoms with Crippen molar-refractivity contribution in [3.05, 3.63) is 29.4 Å². The van der Waals surface area contributed by atoms with Crippen LogP contribution in [0.3, 0.4) is 0 Å². The molecule has 11 heteroatoms. The minimum Gasteiger partial charge on any atom is -0.491 e. The van der Waals surface area contributed by atoms with Gasteiger partial charge in [-0.05, 0) is 26.0 Å². The maximum absolute atomic E-state index is 14.8. The fourth-order valence-corrected chi connectivity index (χ4v) is 3.26. The van der Waals surface area contributed by atoms with Crippen molar-refractivity contribution in [1.29, 1.82) is 0 Å². The summed E-state index contributed by atoms with van der Waals surface area (Å²) in [5.74, 6) is -2.71. The number of halogens is 4. The topological polar surface area (TPSA) is 77.7 Å². The van der Waals surface area contributed by atoms with Gasteiger partial charge in [-0.15, -0.1) is 0 Å². The van der Waals surface area contributed by atoms with Gasteiger partial charge in [-0.25, -0.2) is 4.39 Å². The Morgan fingerprint density at radius 1 is 1.31 bits per heavy atom. The normalized spacial score (nSPS) is 21.0. The van der Waals surface area contributed by atoms with Crippen molar-refractivity contribution in [1.82, 2.24) is 15.0 Å². The average molecular weight is 415 g/mol. The summed E-state index contributed by atoms with van der Waals surface area (Å²) in [5, 5.41) is 3.27. The molecule has 1 atom stereocenters. The number of rotatable bonds is 2. The van der Waals surface area contributed by atoms with Crippen LogP contribution in [0.25, 0.3) is 11.4 Å². The maximum atomic E-state index is 14.8. The fraction of sp³-hybridized carbons (Fsp3) is 0.500. The maximum Gasteiger partial charge on any atom is 0.471 e. The van der Waals surface area contributed by atoms with Gasteiger partial charge in [0, 0.05) is 11.1 Å². The third kappa shape index (κ3) is 3.43. The molecular weight excluding hydrogens is 398 g/mol. The lowest BCUT2D eigenvalue weighted by Gasteiger charge is -2.41. The van der Waals surface area contributed by atoms with E-state index in [1.807, 2.05) is 0 Å². The molecule has 29 heavy (non-hydrogen) atoms. The van der Waals surface area contributed by atoms with E-state index in [0.717, 1.165) is 6.07 Å². The van der Waals surface area contributed by atoms with Crippen molar-refractivity contribution in [2.24, 2.45) is 5.41 Å². The van der Waals surface area contributed by atoms with Crippen LogP contribution in [-0.2, 0) is 22.3 Å². The minimum atomic E-state index is -4.80. The zero-order valence-corrected chi connectivity index (χ0v) is 15.5. The molecule has 0 spiro atoms. The van der Waals surface area contributed by atoms with Crippen molar-refractivity contribution in [2.75, 3.05) is 19.8 Å². The van der Waals surface area contributed by atoms with E-state index in [1.165, 1.54) is 11.0 Å². The molecule has 3 heterocycles. The number of aromatic nitrogens is 2. The number of amides is 1. The lowest BCUT2D eigenvalue weighted by atomic mass is 9.86. The van der Waals surface area contributed by atoms with Crippen LogP contribution in [0.4, 0.5) is 17.6 Å². The molecule has 0 radical (unpaired) electrons. The molecule has 4 rings (SSSR count). The molecule has 2 aromatic rings. The molecule has 0 aliphatic carbocycles. The second-order valence-corrected chi connectivity index (χ2v) is 7.50. The first-order valence-corrected chi connectivity index (χ1v) is 8.84. The first-order valence-electron chi connectivity index (χ1n) is 8.84. The van der Waals surface area contributed by atoms with Gasteiger partial charge in [-0.1, -0.05) is 5.16 Å². The van der Waals surface area contributed by atoms with Gasteiger partial charge >= 0.3 is 12.1 Å². The largest absolute Gasteiger partial charge is 0.491 e. The van der Waals surface area contributed by atoms with Crippen LogP contribution in [0.15, 0.2) is 16.7 Å². The van der Waals surface area contributed by atoms with Crippen LogP contribution >= 0.6 is 0 Å². The van der Waals surface area contributed by atoms with E-state index >= 15 is 0 Å². The van der Waals surface area contributed by atoms with Crippen LogP contribution in [-0.4, -0.2) is 46.8 Å². The molecule has 1 saturated heterocycles. The van der Waals surface area contributed by atoms with Crippen LogP contribution in [0.1, 0.15) is 25.3 Å². The molecule has 2 aliphatic rings. The zero-order valence-electron chi connectivity index (χ0n) is 15.5. The molecule has 1 fully saturated rings. The van der Waals surface area contributed by atoms with E-state index in [0.29, 0.717) is 13.2 Å². The highest BCUT2D eigenvalue weighted by Gasteiger charge is 2.45. The zero-order chi connectivity index (χ0) is 21.0. The molecule has 0 N–H and O–H groups in total. The second-order valence-electron chi connectivity index (χ2n) is 7.50. The van der Waals surface area contributed by atoms with Crippen LogP contribution in [0.5, 0.6) is 5.75 Å². The van der Waals surface area contributed by atoms with Crippen LogP contribution in [0, 0.1) is 11.2 Å². The fourth-order valence-electron chi connectivity index (χ4n) is 3.26. The molecule has 1 amide bonds. The van der Waals surface area contributed by atoms with Gasteiger partial charge in [0.05, 0.1) is 31.2 Å². The van der Waals surface area contributed by atoms with Crippen molar-refractivity contribution >= 4 is 5.91 Å². The van der Waals surface area contributed by atoms with Gasteiger partial charge in [-0.2, -0.15) is 18.2 Å². The monoisotopic (exact) mass is 415 g/mol. The standard InChI is InChI=1S/C18H17F4N3O4/c1-9-6-28-13-4-10(14-23-15(29-24-14)18(20,21)22)3-12(19)11(13)5-25(9)16(26)17(2)7-27-8-17/h3-4,9H,5-8H2,1-2H3. The second kappa shape index (κ2) is 6.68. The Bertz CT molecular complexity index is 955. The SMILES string of the molecule is CC1COc2cc(-c3noc(C(F)(F)F)n3)cc(F)c2CN1C(=O)C1(C)COC1. The van der Waals surface area contributed by atoms with E-state index in [-0.39, 0.29) is 42.0 Å². The van der Waals surface area contributed by atoms with Gasteiger partial charge in [0.1, 0.15) is 18.2 Å². The summed E-state index contributed by atoms with van der Waals surface area (Å²) in [6.45, 7) is 4.22. The Balaban J connectivity index is 1.66. The van der Waals surface area contributed by atoms with Crippen LogP contribution < -0.4 is 4.74 Å². The Kier molecular flexibility index (Phi) is 4.52. The number of hydrogen-bond donors (Lipinski definition) is 0. The summed E-state index contributed by atoms with van der Waals surface area (Å²) in [6, 6.07) is 2.01. The summed E-state index contributed by atoms with van der Waals surface area (Å²) in [4.78, 5) is 17.7. The van der Waals surface area contributed by atoms with Crippen molar-refractivity contribution < 1.29 is 36.4 Å². The third-order valence-corrected chi connectivity index (χ3v) is 5.04. The number of hydrogen-bond acceptors (Lipinski definition) is 6. The average Bonchev–Trinajstić information content (AvgIpc) is 3.07. The predicted molar refractivity (Wildman–Crippen MR) is 89.1 cm³/mol. The molecule has 2 aliphatic heterocycles. The number of nitrogens with zero attached hydrogens (tertiary/aromatic N) is 3. The molecule has 0 saturated carbocycles. The molecule has 156 valence electrons. The molecule has 1 unspecified atom stereocenters. The minimum absolute atomic E-state index is 0.0210. The molecule has 7 nitrogen and oxygen atoms in total. The summed E-state index contributed by atoms with van der Waals surface area (Å²) in [5.41, 5.74) is -0.546. The lowest BCUT2D eigenvalue weighted by molar-refractivity contribution is -0.171. The Morgan fingerprint density at radius 3 is 2.62 bits per heavy atom. The van der Waals surface area contributed by atoms with E-state index in [1.54, 1.807) is 13.8 Å². The predicted octanol–water partition coefficient (Wildman–Crippen LogP) is 3.04. The Morgan fingerprint density at radius 2 is 2.03 bits per heavy atom. The highest BCUT2D eigenvalue weighted by molar-refractivity contribution is 5.84. The van der Waals surface area contributed by atoms with Crippen LogP contribution in [0.2, 0.25) is 0 Å². The van der Waals surface area contributed by atoms with Crippen molar-refractivity contribution in [3.63, 3.8) is 0 Å². The summed E-state index contributed by atoms with van der Waals surface area (Å²) in [7, 11) is 0. The van der Waals surface area contributed by atoms with Crippen molar-refractivity contribution in [2.45, 2.75) is 32.6 Å². The summed E-state index contributed by atoms with van der Waals surface area (Å²) >= 11 is 0. The highest BCUT2D eigenvalue weighted by Crippen LogP contribution is 2.36. The van der Waals surface area contributed by atoms with E-state index in [2.05, 4.69) is 14.7 Å². The van der Waals surface area contributed by atoms with Gasteiger partial charge in [0.25, 0.3) is 0 Å². The lowest BCUT2D eigenvalue weighted by Crippen LogP contribution is -2.55. The number of carbonyl (C=O) groups is 1. The number of carbonyl (C=O) groups excluding carboxylic acids is 1.